The van der Waals surface area contributed by atoms with E-state index >= 15 is 0 Å². The Morgan fingerprint density at radius 2 is 2.07 bits per heavy atom. The van der Waals surface area contributed by atoms with E-state index in [0.29, 0.717) is 0 Å². The first-order valence-electron chi connectivity index (χ1n) is 5.04. The monoisotopic (exact) mass is 193 g/mol. The van der Waals surface area contributed by atoms with Crippen molar-refractivity contribution in [1.82, 2.24) is 15.2 Å². The molecule has 0 saturated carbocycles. The molecule has 0 spiro atoms. The molecular formula is C11H19N3. The molecule has 78 valence electrons. The number of pyridine rings is 1. The van der Waals surface area contributed by atoms with Crippen LogP contribution in [0.1, 0.15) is 18.3 Å². The van der Waals surface area contributed by atoms with Crippen molar-refractivity contribution in [2.24, 2.45) is 0 Å². The van der Waals surface area contributed by atoms with Crippen molar-refractivity contribution in [1.29, 1.82) is 0 Å². The van der Waals surface area contributed by atoms with Crippen LogP contribution in [0.25, 0.3) is 0 Å². The highest BCUT2D eigenvalue weighted by atomic mass is 15.1. The second-order valence-electron chi connectivity index (χ2n) is 3.48. The third kappa shape index (κ3) is 3.44. The highest BCUT2D eigenvalue weighted by Crippen LogP contribution is 2.02. The maximum Gasteiger partial charge on any atom is 0.0547 e. The maximum atomic E-state index is 4.55. The van der Waals surface area contributed by atoms with E-state index in [2.05, 4.69) is 41.3 Å². The second kappa shape index (κ2) is 5.73. The van der Waals surface area contributed by atoms with Gasteiger partial charge in [-0.2, -0.15) is 0 Å². The van der Waals surface area contributed by atoms with Gasteiger partial charge in [0.2, 0.25) is 0 Å². The summed E-state index contributed by atoms with van der Waals surface area (Å²) >= 11 is 0. The summed E-state index contributed by atoms with van der Waals surface area (Å²) in [5.74, 6) is 0. The van der Waals surface area contributed by atoms with E-state index in [1.54, 1.807) is 0 Å². The lowest BCUT2D eigenvalue weighted by Gasteiger charge is -2.13. The molecule has 14 heavy (non-hydrogen) atoms. The van der Waals surface area contributed by atoms with Gasteiger partial charge in [-0.1, -0.05) is 13.0 Å². The van der Waals surface area contributed by atoms with Crippen LogP contribution in [-0.4, -0.2) is 30.5 Å². The predicted molar refractivity (Wildman–Crippen MR) is 59.0 cm³/mol. The quantitative estimate of drug-likeness (QED) is 0.763. The molecule has 1 aromatic heterocycles. The molecule has 1 rings (SSSR count). The van der Waals surface area contributed by atoms with Crippen LogP contribution in [0.2, 0.25) is 0 Å². The Morgan fingerprint density at radius 3 is 2.71 bits per heavy atom. The number of hydrogen-bond donors (Lipinski definition) is 1. The zero-order chi connectivity index (χ0) is 10.4. The Labute approximate surface area is 86.2 Å². The number of aromatic nitrogens is 1. The van der Waals surface area contributed by atoms with E-state index in [1.807, 2.05) is 13.1 Å². The van der Waals surface area contributed by atoms with Crippen molar-refractivity contribution in [3.05, 3.63) is 29.6 Å². The molecule has 0 aliphatic carbocycles. The Hall–Kier alpha value is -0.930. The number of nitrogens with one attached hydrogen (secondary N) is 1. The number of nitrogens with zero attached hydrogens (tertiary/aromatic N) is 2. The van der Waals surface area contributed by atoms with Crippen LogP contribution in [0.15, 0.2) is 18.2 Å². The molecule has 0 aliphatic heterocycles. The summed E-state index contributed by atoms with van der Waals surface area (Å²) in [6.45, 7) is 4.97. The van der Waals surface area contributed by atoms with E-state index in [1.165, 1.54) is 0 Å². The van der Waals surface area contributed by atoms with Gasteiger partial charge >= 0.3 is 0 Å². The van der Waals surface area contributed by atoms with Crippen LogP contribution in [0, 0.1) is 0 Å². The van der Waals surface area contributed by atoms with Gasteiger partial charge in [0.25, 0.3) is 0 Å². The van der Waals surface area contributed by atoms with E-state index in [0.717, 1.165) is 31.0 Å². The molecule has 0 radical (unpaired) electrons. The normalized spacial score (nSPS) is 10.9. The fourth-order valence-corrected chi connectivity index (χ4v) is 1.29. The molecule has 0 atom stereocenters. The Kier molecular flexibility index (Phi) is 4.56. The Bertz CT molecular complexity index is 273. The molecule has 3 nitrogen and oxygen atoms in total. The van der Waals surface area contributed by atoms with E-state index in [-0.39, 0.29) is 0 Å². The van der Waals surface area contributed by atoms with Crippen LogP contribution < -0.4 is 5.32 Å². The third-order valence-corrected chi connectivity index (χ3v) is 2.19. The van der Waals surface area contributed by atoms with Crippen LogP contribution in [0.5, 0.6) is 0 Å². The summed E-state index contributed by atoms with van der Waals surface area (Å²) < 4.78 is 0. The van der Waals surface area contributed by atoms with Gasteiger partial charge in [-0.15, -0.1) is 0 Å². The highest BCUT2D eigenvalue weighted by Gasteiger charge is 1.99. The molecule has 0 amide bonds. The first kappa shape index (κ1) is 11.1. The first-order chi connectivity index (χ1) is 6.76. The van der Waals surface area contributed by atoms with Gasteiger partial charge in [-0.05, 0) is 32.8 Å². The van der Waals surface area contributed by atoms with Crippen LogP contribution in [-0.2, 0) is 13.1 Å². The minimum absolute atomic E-state index is 0.837. The summed E-state index contributed by atoms with van der Waals surface area (Å²) in [6.07, 6.45) is 0. The number of rotatable bonds is 5. The van der Waals surface area contributed by atoms with E-state index in [9.17, 15) is 0 Å². The molecule has 1 aromatic rings. The van der Waals surface area contributed by atoms with Crippen molar-refractivity contribution >= 4 is 0 Å². The maximum absolute atomic E-state index is 4.55. The third-order valence-electron chi connectivity index (χ3n) is 2.19. The van der Waals surface area contributed by atoms with Gasteiger partial charge in [0.15, 0.2) is 0 Å². The summed E-state index contributed by atoms with van der Waals surface area (Å²) in [4.78, 5) is 6.79. The highest BCUT2D eigenvalue weighted by molar-refractivity contribution is 5.11. The minimum atomic E-state index is 0.837. The Morgan fingerprint density at radius 1 is 1.36 bits per heavy atom. The number of hydrogen-bond acceptors (Lipinski definition) is 3. The fourth-order valence-electron chi connectivity index (χ4n) is 1.29. The zero-order valence-electron chi connectivity index (χ0n) is 9.25. The van der Waals surface area contributed by atoms with E-state index < -0.39 is 0 Å². The van der Waals surface area contributed by atoms with Gasteiger partial charge in [0, 0.05) is 13.1 Å². The van der Waals surface area contributed by atoms with Crippen molar-refractivity contribution in [2.75, 3.05) is 20.6 Å². The lowest BCUT2D eigenvalue weighted by molar-refractivity contribution is 0.341. The lowest BCUT2D eigenvalue weighted by Crippen LogP contribution is -2.18. The lowest BCUT2D eigenvalue weighted by atomic mass is 10.3. The molecule has 0 aromatic carbocycles. The molecule has 0 bridgehead atoms. The molecule has 3 heteroatoms. The van der Waals surface area contributed by atoms with Crippen molar-refractivity contribution < 1.29 is 0 Å². The summed E-state index contributed by atoms with van der Waals surface area (Å²) in [6, 6.07) is 6.19. The smallest absolute Gasteiger partial charge is 0.0547 e. The van der Waals surface area contributed by atoms with Crippen molar-refractivity contribution in [2.45, 2.75) is 20.0 Å². The molecule has 1 heterocycles. The SMILES string of the molecule is CCN(C)Cc1cccc(CNC)n1. The molecule has 0 unspecified atom stereocenters. The van der Waals surface area contributed by atoms with Gasteiger partial charge < -0.3 is 10.2 Å². The average Bonchev–Trinajstić information content (AvgIpc) is 2.19. The predicted octanol–water partition coefficient (Wildman–Crippen LogP) is 1.25. The van der Waals surface area contributed by atoms with Crippen molar-refractivity contribution in [3.63, 3.8) is 0 Å². The second-order valence-corrected chi connectivity index (χ2v) is 3.48. The molecule has 0 fully saturated rings. The van der Waals surface area contributed by atoms with E-state index in [4.69, 9.17) is 0 Å². The van der Waals surface area contributed by atoms with Gasteiger partial charge in [-0.3, -0.25) is 4.98 Å². The first-order valence-corrected chi connectivity index (χ1v) is 5.04. The summed E-state index contributed by atoms with van der Waals surface area (Å²) in [7, 11) is 4.04. The average molecular weight is 193 g/mol. The molecule has 0 aliphatic rings. The van der Waals surface area contributed by atoms with Gasteiger partial charge in [-0.25, -0.2) is 0 Å². The van der Waals surface area contributed by atoms with Gasteiger partial charge in [0.05, 0.1) is 11.4 Å². The molecule has 1 N–H and O–H groups in total. The topological polar surface area (TPSA) is 28.2 Å². The van der Waals surface area contributed by atoms with Crippen LogP contribution in [0.3, 0.4) is 0 Å². The Balaban J connectivity index is 2.63. The van der Waals surface area contributed by atoms with Crippen LogP contribution in [0.4, 0.5) is 0 Å². The zero-order valence-corrected chi connectivity index (χ0v) is 9.25. The van der Waals surface area contributed by atoms with Crippen LogP contribution >= 0.6 is 0 Å². The van der Waals surface area contributed by atoms with Crippen molar-refractivity contribution in [3.8, 4) is 0 Å². The molecular weight excluding hydrogens is 174 g/mol. The largest absolute Gasteiger partial charge is 0.314 e. The van der Waals surface area contributed by atoms with Gasteiger partial charge in [0.1, 0.15) is 0 Å². The minimum Gasteiger partial charge on any atom is -0.314 e. The summed E-state index contributed by atoms with van der Waals surface area (Å²) in [5.41, 5.74) is 2.25. The fraction of sp³-hybridized carbons (Fsp3) is 0.545. The molecule has 0 saturated heterocycles. The standard InChI is InChI=1S/C11H19N3/c1-4-14(3)9-11-7-5-6-10(13-11)8-12-2/h5-7,12H,4,8-9H2,1-3H3. The summed E-state index contributed by atoms with van der Waals surface area (Å²) in [5, 5.41) is 3.10.